The summed E-state index contributed by atoms with van der Waals surface area (Å²) in [5, 5.41) is 4.06. The van der Waals surface area contributed by atoms with Crippen LogP contribution in [0.5, 0.6) is 0 Å². The molecule has 0 bridgehead atoms. The Kier molecular flexibility index (Phi) is 4.04. The molecule has 0 fully saturated rings. The first-order valence-electron chi connectivity index (χ1n) is 5.76. The Morgan fingerprint density at radius 3 is 2.72 bits per heavy atom. The van der Waals surface area contributed by atoms with E-state index in [9.17, 15) is 0 Å². The van der Waals surface area contributed by atoms with Crippen LogP contribution >= 0.6 is 11.8 Å². The van der Waals surface area contributed by atoms with Crippen molar-refractivity contribution in [3.63, 3.8) is 0 Å². The molecule has 1 aromatic carbocycles. The van der Waals surface area contributed by atoms with Gasteiger partial charge in [0.15, 0.2) is 0 Å². The summed E-state index contributed by atoms with van der Waals surface area (Å²) in [7, 11) is 0. The van der Waals surface area contributed by atoms with E-state index in [0.29, 0.717) is 6.04 Å². The average Bonchev–Trinajstić information content (AvgIpc) is 2.32. The number of nitrogens with zero attached hydrogens (tertiary/aromatic N) is 2. The molecule has 0 spiro atoms. The molecule has 0 aliphatic carbocycles. The summed E-state index contributed by atoms with van der Waals surface area (Å²) in [6.45, 7) is 4.13. The van der Waals surface area contributed by atoms with E-state index in [-0.39, 0.29) is 0 Å². The van der Waals surface area contributed by atoms with Crippen molar-refractivity contribution in [3.05, 3.63) is 36.7 Å². The standard InChI is InChI=1S/C13H16N4S/c1-9(2)16-12-7-15-8-13(17-12)18-11-6-4-3-5-10(11)14/h3-9H,14H2,1-2H3,(H,16,17). The third-order valence-corrected chi connectivity index (χ3v) is 3.18. The molecule has 0 saturated heterocycles. The van der Waals surface area contributed by atoms with E-state index in [1.165, 1.54) is 11.8 Å². The number of nitrogens with one attached hydrogen (secondary N) is 1. The zero-order chi connectivity index (χ0) is 13.0. The van der Waals surface area contributed by atoms with E-state index in [0.717, 1.165) is 21.4 Å². The number of aromatic nitrogens is 2. The van der Waals surface area contributed by atoms with Crippen LogP contribution in [0.25, 0.3) is 0 Å². The predicted molar refractivity (Wildman–Crippen MR) is 75.8 cm³/mol. The van der Waals surface area contributed by atoms with Crippen LogP contribution in [-0.4, -0.2) is 16.0 Å². The largest absolute Gasteiger partial charge is 0.398 e. The van der Waals surface area contributed by atoms with E-state index in [1.54, 1.807) is 12.4 Å². The lowest BCUT2D eigenvalue weighted by atomic mass is 10.3. The second kappa shape index (κ2) is 5.73. The zero-order valence-electron chi connectivity index (χ0n) is 10.4. The van der Waals surface area contributed by atoms with Gasteiger partial charge >= 0.3 is 0 Å². The van der Waals surface area contributed by atoms with Crippen LogP contribution in [0.3, 0.4) is 0 Å². The molecule has 0 saturated carbocycles. The highest BCUT2D eigenvalue weighted by molar-refractivity contribution is 7.99. The third-order valence-electron chi connectivity index (χ3n) is 2.18. The lowest BCUT2D eigenvalue weighted by Crippen LogP contribution is -2.11. The Hall–Kier alpha value is -1.75. The second-order valence-electron chi connectivity index (χ2n) is 4.18. The Labute approximate surface area is 111 Å². The van der Waals surface area contributed by atoms with Gasteiger partial charge in [-0.2, -0.15) is 0 Å². The van der Waals surface area contributed by atoms with Crippen LogP contribution in [0, 0.1) is 0 Å². The first-order chi connectivity index (χ1) is 8.65. The Bertz CT molecular complexity index is 528. The predicted octanol–water partition coefficient (Wildman–Crippen LogP) is 3.03. The Morgan fingerprint density at radius 2 is 2.00 bits per heavy atom. The fraction of sp³-hybridized carbons (Fsp3) is 0.231. The monoisotopic (exact) mass is 260 g/mol. The quantitative estimate of drug-likeness (QED) is 0.827. The van der Waals surface area contributed by atoms with Crippen LogP contribution in [0.1, 0.15) is 13.8 Å². The van der Waals surface area contributed by atoms with Gasteiger partial charge in [-0.25, -0.2) is 4.98 Å². The fourth-order valence-corrected chi connectivity index (χ4v) is 2.26. The molecule has 2 aromatic rings. The summed E-state index contributed by atoms with van der Waals surface area (Å²) in [5.74, 6) is 0.782. The van der Waals surface area contributed by atoms with Gasteiger partial charge in [0.2, 0.25) is 0 Å². The fourth-order valence-electron chi connectivity index (χ4n) is 1.45. The average molecular weight is 260 g/mol. The molecule has 1 heterocycles. The molecule has 1 aromatic heterocycles. The molecule has 0 amide bonds. The van der Waals surface area contributed by atoms with Gasteiger partial charge < -0.3 is 11.1 Å². The third kappa shape index (κ3) is 3.37. The van der Waals surface area contributed by atoms with Crippen LogP contribution in [-0.2, 0) is 0 Å². The minimum Gasteiger partial charge on any atom is -0.398 e. The lowest BCUT2D eigenvalue weighted by molar-refractivity contribution is 0.875. The molecule has 0 aliphatic rings. The summed E-state index contributed by atoms with van der Waals surface area (Å²) in [4.78, 5) is 9.65. The number of nitrogen functional groups attached to an aromatic ring is 1. The highest BCUT2D eigenvalue weighted by atomic mass is 32.2. The number of rotatable bonds is 4. The van der Waals surface area contributed by atoms with Crippen molar-refractivity contribution in [2.45, 2.75) is 29.8 Å². The molecule has 4 nitrogen and oxygen atoms in total. The van der Waals surface area contributed by atoms with E-state index in [4.69, 9.17) is 5.73 Å². The summed E-state index contributed by atoms with van der Waals surface area (Å²) >= 11 is 1.52. The minimum absolute atomic E-state index is 0.335. The van der Waals surface area contributed by atoms with E-state index in [2.05, 4.69) is 29.1 Å². The summed E-state index contributed by atoms with van der Waals surface area (Å²) in [6, 6.07) is 8.07. The number of anilines is 2. The Morgan fingerprint density at radius 1 is 1.22 bits per heavy atom. The van der Waals surface area contributed by atoms with E-state index in [1.807, 2.05) is 24.3 Å². The van der Waals surface area contributed by atoms with Crippen molar-refractivity contribution in [1.82, 2.24) is 9.97 Å². The minimum atomic E-state index is 0.335. The number of para-hydroxylation sites is 1. The molecular formula is C13H16N4S. The topological polar surface area (TPSA) is 63.8 Å². The molecule has 5 heteroatoms. The molecular weight excluding hydrogens is 244 g/mol. The summed E-state index contributed by atoms with van der Waals surface area (Å²) < 4.78 is 0. The van der Waals surface area contributed by atoms with Crippen molar-refractivity contribution < 1.29 is 0 Å². The van der Waals surface area contributed by atoms with Crippen molar-refractivity contribution in [2.24, 2.45) is 0 Å². The van der Waals surface area contributed by atoms with E-state index < -0.39 is 0 Å². The van der Waals surface area contributed by atoms with Gasteiger partial charge in [-0.05, 0) is 26.0 Å². The van der Waals surface area contributed by atoms with E-state index >= 15 is 0 Å². The van der Waals surface area contributed by atoms with Gasteiger partial charge in [-0.3, -0.25) is 4.98 Å². The zero-order valence-corrected chi connectivity index (χ0v) is 11.2. The van der Waals surface area contributed by atoms with Gasteiger partial charge in [-0.1, -0.05) is 23.9 Å². The molecule has 0 aliphatic heterocycles. The molecule has 18 heavy (non-hydrogen) atoms. The van der Waals surface area contributed by atoms with Crippen LogP contribution in [0.4, 0.5) is 11.5 Å². The molecule has 3 N–H and O–H groups in total. The Balaban J connectivity index is 2.17. The second-order valence-corrected chi connectivity index (χ2v) is 5.24. The molecule has 0 radical (unpaired) electrons. The maximum absolute atomic E-state index is 5.90. The van der Waals surface area contributed by atoms with Gasteiger partial charge in [0.25, 0.3) is 0 Å². The normalized spacial score (nSPS) is 10.6. The van der Waals surface area contributed by atoms with Crippen LogP contribution < -0.4 is 11.1 Å². The molecule has 0 unspecified atom stereocenters. The van der Waals surface area contributed by atoms with Crippen molar-refractivity contribution in [1.29, 1.82) is 0 Å². The maximum Gasteiger partial charge on any atom is 0.146 e. The SMILES string of the molecule is CC(C)Nc1cncc(Sc2ccccc2N)n1. The maximum atomic E-state index is 5.90. The number of benzene rings is 1. The van der Waals surface area contributed by atoms with Gasteiger partial charge in [-0.15, -0.1) is 0 Å². The number of hydrogen-bond acceptors (Lipinski definition) is 5. The molecule has 2 rings (SSSR count). The van der Waals surface area contributed by atoms with Gasteiger partial charge in [0.1, 0.15) is 10.8 Å². The van der Waals surface area contributed by atoms with Crippen molar-refractivity contribution in [2.75, 3.05) is 11.1 Å². The van der Waals surface area contributed by atoms with Gasteiger partial charge in [0, 0.05) is 16.6 Å². The first kappa shape index (κ1) is 12.7. The number of hydrogen-bond donors (Lipinski definition) is 2. The summed E-state index contributed by atoms with van der Waals surface area (Å²) in [5.41, 5.74) is 6.66. The molecule has 94 valence electrons. The first-order valence-corrected chi connectivity index (χ1v) is 6.58. The lowest BCUT2D eigenvalue weighted by Gasteiger charge is -2.09. The summed E-state index contributed by atoms with van der Waals surface area (Å²) in [6.07, 6.45) is 3.46. The molecule has 0 atom stereocenters. The van der Waals surface area contributed by atoms with Crippen LogP contribution in [0.2, 0.25) is 0 Å². The van der Waals surface area contributed by atoms with Gasteiger partial charge in [0.05, 0.1) is 12.4 Å². The number of nitrogens with two attached hydrogens (primary N) is 1. The van der Waals surface area contributed by atoms with Crippen molar-refractivity contribution >= 4 is 23.3 Å². The van der Waals surface area contributed by atoms with Crippen molar-refractivity contribution in [3.8, 4) is 0 Å². The smallest absolute Gasteiger partial charge is 0.146 e. The van der Waals surface area contributed by atoms with Crippen LogP contribution in [0.15, 0.2) is 46.6 Å². The highest BCUT2D eigenvalue weighted by Gasteiger charge is 2.04. The highest BCUT2D eigenvalue weighted by Crippen LogP contribution is 2.30.